The number of aromatic nitrogens is 2. The van der Waals surface area contributed by atoms with Gasteiger partial charge in [0.05, 0.1) is 23.3 Å². The maximum absolute atomic E-state index is 12.9. The summed E-state index contributed by atoms with van der Waals surface area (Å²) in [6.07, 6.45) is 1.66. The Hall–Kier alpha value is -4.15. The number of carbonyl (C=O) groups excluding carboxylic acids is 1. The van der Waals surface area contributed by atoms with Crippen LogP contribution in [0.1, 0.15) is 12.5 Å². The summed E-state index contributed by atoms with van der Waals surface area (Å²) in [5, 5.41) is 16.9. The van der Waals surface area contributed by atoms with Crippen LogP contribution in [-0.4, -0.2) is 36.8 Å². The van der Waals surface area contributed by atoms with E-state index in [0.29, 0.717) is 17.2 Å². The lowest BCUT2D eigenvalue weighted by Gasteiger charge is -2.11. The largest absolute Gasteiger partial charge is 0.326 e. The summed E-state index contributed by atoms with van der Waals surface area (Å²) in [4.78, 5) is 11.2. The van der Waals surface area contributed by atoms with Crippen molar-refractivity contribution in [2.75, 3.05) is 17.3 Å². The van der Waals surface area contributed by atoms with Gasteiger partial charge in [-0.3, -0.25) is 10.2 Å². The lowest BCUT2D eigenvalue weighted by atomic mass is 10.1. The molecule has 0 spiro atoms. The van der Waals surface area contributed by atoms with E-state index in [1.54, 1.807) is 6.20 Å². The number of hydrogen-bond acceptors (Lipinski definition) is 7. The molecule has 3 aromatic carbocycles. The van der Waals surface area contributed by atoms with Gasteiger partial charge in [-0.05, 0) is 29.8 Å². The molecule has 0 fully saturated rings. The van der Waals surface area contributed by atoms with Crippen molar-refractivity contribution in [2.24, 2.45) is 5.10 Å². The molecule has 0 radical (unpaired) electrons. The quantitative estimate of drug-likeness (QED) is 0.266. The van der Waals surface area contributed by atoms with Gasteiger partial charge in [-0.1, -0.05) is 54.6 Å². The normalized spacial score (nSPS) is 11.9. The van der Waals surface area contributed by atoms with E-state index in [1.807, 2.05) is 54.6 Å². The molecule has 10 heteroatoms. The summed E-state index contributed by atoms with van der Waals surface area (Å²) in [5.41, 5.74) is 4.65. The third-order valence-corrected chi connectivity index (χ3v) is 6.31. The molecule has 0 saturated carbocycles. The van der Waals surface area contributed by atoms with E-state index < -0.39 is 10.0 Å². The SMILES string of the molecule is CC(=O)Nc1ccc(S(=O)(=O)NC/C(=N\Nc2nncc3ccccc23)c2ccccc2)cc1. The van der Waals surface area contributed by atoms with Gasteiger partial charge >= 0.3 is 0 Å². The molecule has 0 saturated heterocycles. The molecule has 1 heterocycles. The predicted molar refractivity (Wildman–Crippen MR) is 132 cm³/mol. The van der Waals surface area contributed by atoms with Crippen LogP contribution in [0.3, 0.4) is 0 Å². The second-order valence-electron chi connectivity index (χ2n) is 7.35. The summed E-state index contributed by atoms with van der Waals surface area (Å²) in [7, 11) is -3.83. The van der Waals surface area contributed by atoms with Crippen LogP contribution >= 0.6 is 0 Å². The van der Waals surface area contributed by atoms with Crippen LogP contribution < -0.4 is 15.5 Å². The van der Waals surface area contributed by atoms with Crippen LogP contribution in [0.4, 0.5) is 11.5 Å². The number of rotatable bonds is 8. The highest BCUT2D eigenvalue weighted by atomic mass is 32.2. The third-order valence-electron chi connectivity index (χ3n) is 4.89. The molecule has 0 aliphatic heterocycles. The molecule has 0 aliphatic carbocycles. The first kappa shape index (κ1) is 23.0. The van der Waals surface area contributed by atoms with Gasteiger partial charge in [0.15, 0.2) is 5.82 Å². The number of nitrogens with one attached hydrogen (secondary N) is 3. The van der Waals surface area contributed by atoms with E-state index in [4.69, 9.17) is 0 Å². The Morgan fingerprint density at radius 3 is 2.38 bits per heavy atom. The number of sulfonamides is 1. The van der Waals surface area contributed by atoms with Crippen LogP contribution in [0, 0.1) is 0 Å². The first-order valence-corrected chi connectivity index (χ1v) is 11.9. The number of hydrogen-bond donors (Lipinski definition) is 3. The minimum absolute atomic E-state index is 0.0645. The summed E-state index contributed by atoms with van der Waals surface area (Å²) in [6, 6.07) is 22.8. The van der Waals surface area contributed by atoms with Gasteiger partial charge < -0.3 is 5.32 Å². The fraction of sp³-hybridized carbons (Fsp3) is 0.0833. The minimum atomic E-state index is -3.83. The molecule has 34 heavy (non-hydrogen) atoms. The fourth-order valence-electron chi connectivity index (χ4n) is 3.23. The van der Waals surface area contributed by atoms with E-state index in [2.05, 4.69) is 30.8 Å². The van der Waals surface area contributed by atoms with Gasteiger partial charge in [-0.15, -0.1) is 5.10 Å². The first-order valence-electron chi connectivity index (χ1n) is 10.4. The zero-order valence-corrected chi connectivity index (χ0v) is 19.1. The molecule has 9 nitrogen and oxygen atoms in total. The summed E-state index contributed by atoms with van der Waals surface area (Å²) >= 11 is 0. The maximum Gasteiger partial charge on any atom is 0.240 e. The number of anilines is 2. The van der Waals surface area contributed by atoms with Gasteiger partial charge in [-0.2, -0.15) is 10.2 Å². The predicted octanol–water partition coefficient (Wildman–Crippen LogP) is 3.38. The molecular formula is C24H22N6O3S. The molecule has 4 aromatic rings. The molecule has 1 aromatic heterocycles. The number of fused-ring (bicyclic) bond motifs is 1. The van der Waals surface area contributed by atoms with E-state index in [1.165, 1.54) is 31.2 Å². The van der Waals surface area contributed by atoms with Crippen molar-refractivity contribution < 1.29 is 13.2 Å². The number of carbonyl (C=O) groups is 1. The molecule has 4 rings (SSSR count). The van der Waals surface area contributed by atoms with Gasteiger partial charge in [0.1, 0.15) is 0 Å². The lowest BCUT2D eigenvalue weighted by molar-refractivity contribution is -0.114. The van der Waals surface area contributed by atoms with Crippen molar-refractivity contribution in [3.8, 4) is 0 Å². The van der Waals surface area contributed by atoms with Gasteiger partial charge in [-0.25, -0.2) is 13.1 Å². The Morgan fingerprint density at radius 2 is 1.65 bits per heavy atom. The molecule has 3 N–H and O–H groups in total. The molecule has 172 valence electrons. The van der Waals surface area contributed by atoms with Gasteiger partial charge in [0.25, 0.3) is 0 Å². The number of hydrazone groups is 1. The third kappa shape index (κ3) is 5.61. The Morgan fingerprint density at radius 1 is 0.941 bits per heavy atom. The van der Waals surface area contributed by atoms with Crippen molar-refractivity contribution in [2.45, 2.75) is 11.8 Å². The van der Waals surface area contributed by atoms with Crippen molar-refractivity contribution >= 4 is 43.9 Å². The lowest BCUT2D eigenvalue weighted by Crippen LogP contribution is -2.30. The second-order valence-corrected chi connectivity index (χ2v) is 9.11. The molecule has 0 atom stereocenters. The monoisotopic (exact) mass is 474 g/mol. The maximum atomic E-state index is 12.9. The Bertz CT molecular complexity index is 1430. The standard InChI is InChI=1S/C24H22N6O3S/c1-17(31)27-20-11-13-21(14-12-20)34(32,33)26-16-23(18-7-3-2-4-8-18)28-30-24-22-10-6-5-9-19(22)15-25-29-24/h2-15,26H,16H2,1H3,(H,27,31)(H,29,30)/b28-23+. The average molecular weight is 475 g/mol. The van der Waals surface area contributed by atoms with Crippen LogP contribution in [0.15, 0.2) is 95.1 Å². The highest BCUT2D eigenvalue weighted by molar-refractivity contribution is 7.89. The van der Waals surface area contributed by atoms with E-state index in [9.17, 15) is 13.2 Å². The molecule has 0 bridgehead atoms. The second kappa shape index (κ2) is 10.2. The van der Waals surface area contributed by atoms with Crippen LogP contribution in [-0.2, 0) is 14.8 Å². The first-order chi connectivity index (χ1) is 16.4. The molecule has 0 aliphatic rings. The molecule has 1 amide bonds. The highest BCUT2D eigenvalue weighted by Gasteiger charge is 2.16. The van der Waals surface area contributed by atoms with E-state index >= 15 is 0 Å². The fourth-order valence-corrected chi connectivity index (χ4v) is 4.22. The topological polar surface area (TPSA) is 125 Å². The van der Waals surface area contributed by atoms with Crippen molar-refractivity contribution in [3.63, 3.8) is 0 Å². The van der Waals surface area contributed by atoms with Crippen LogP contribution in [0.25, 0.3) is 10.8 Å². The summed E-state index contributed by atoms with van der Waals surface area (Å²) in [6.45, 7) is 1.32. The van der Waals surface area contributed by atoms with Crippen molar-refractivity contribution in [1.29, 1.82) is 0 Å². The number of benzene rings is 3. The summed E-state index contributed by atoms with van der Waals surface area (Å²) < 4.78 is 28.3. The Kier molecular flexibility index (Phi) is 6.90. The zero-order valence-electron chi connectivity index (χ0n) is 18.3. The Labute approximate surface area is 197 Å². The van der Waals surface area contributed by atoms with Crippen molar-refractivity contribution in [3.05, 3.63) is 90.6 Å². The van der Waals surface area contributed by atoms with Crippen LogP contribution in [0.5, 0.6) is 0 Å². The zero-order chi connectivity index (χ0) is 24.0. The van der Waals surface area contributed by atoms with Gasteiger partial charge in [0, 0.05) is 23.4 Å². The van der Waals surface area contributed by atoms with Crippen LogP contribution in [0.2, 0.25) is 0 Å². The van der Waals surface area contributed by atoms with E-state index in [-0.39, 0.29) is 17.3 Å². The highest BCUT2D eigenvalue weighted by Crippen LogP contribution is 2.19. The van der Waals surface area contributed by atoms with Gasteiger partial charge in [0.2, 0.25) is 15.9 Å². The molecule has 0 unspecified atom stereocenters. The summed E-state index contributed by atoms with van der Waals surface area (Å²) in [5.74, 6) is 0.226. The Balaban J connectivity index is 1.56. The average Bonchev–Trinajstić information content (AvgIpc) is 2.84. The minimum Gasteiger partial charge on any atom is -0.326 e. The van der Waals surface area contributed by atoms with E-state index in [0.717, 1.165) is 16.3 Å². The molecular weight excluding hydrogens is 452 g/mol. The smallest absolute Gasteiger partial charge is 0.240 e. The number of nitrogens with zero attached hydrogens (tertiary/aromatic N) is 3. The number of amides is 1. The van der Waals surface area contributed by atoms with Crippen molar-refractivity contribution in [1.82, 2.24) is 14.9 Å².